The van der Waals surface area contributed by atoms with Gasteiger partial charge in [0.05, 0.1) is 7.11 Å². The Hall–Kier alpha value is -0.990. The third kappa shape index (κ3) is 4.06. The van der Waals surface area contributed by atoms with Gasteiger partial charge in [-0.3, -0.25) is 0 Å². The van der Waals surface area contributed by atoms with Crippen molar-refractivity contribution >= 4 is 11.6 Å². The molecule has 0 bridgehead atoms. The van der Waals surface area contributed by atoms with Crippen molar-refractivity contribution in [3.8, 4) is 5.75 Å². The van der Waals surface area contributed by atoms with Crippen LogP contribution in [0.5, 0.6) is 5.75 Å². The predicted molar refractivity (Wildman–Crippen MR) is 73.9 cm³/mol. The third-order valence-electron chi connectivity index (χ3n) is 2.82. The van der Waals surface area contributed by atoms with Crippen molar-refractivity contribution in [1.29, 1.82) is 0 Å². The molecule has 3 heteroatoms. The molecule has 0 heterocycles. The summed E-state index contributed by atoms with van der Waals surface area (Å²) in [4.78, 5) is 0. The van der Waals surface area contributed by atoms with E-state index in [1.807, 2.05) is 31.3 Å². The quantitative estimate of drug-likeness (QED) is 0.587. The number of unbranched alkanes of at least 4 members (excludes halogenated alkanes) is 1. The van der Waals surface area contributed by atoms with Crippen molar-refractivity contribution in [3.63, 3.8) is 0 Å². The maximum atomic E-state index is 5.96. The molecule has 1 aromatic carbocycles. The molecule has 17 heavy (non-hydrogen) atoms. The Morgan fingerprint density at radius 3 is 2.88 bits per heavy atom. The number of methoxy groups -OCH3 is 1. The summed E-state index contributed by atoms with van der Waals surface area (Å²) in [5.41, 5.74) is 1.16. The minimum atomic E-state index is 0.294. The van der Waals surface area contributed by atoms with Gasteiger partial charge in [-0.2, -0.15) is 0 Å². The predicted octanol–water partition coefficient (Wildman–Crippen LogP) is 3.97. The highest BCUT2D eigenvalue weighted by Crippen LogP contribution is 2.30. The Labute approximate surface area is 109 Å². The fourth-order valence-electron chi connectivity index (χ4n) is 1.89. The highest BCUT2D eigenvalue weighted by molar-refractivity contribution is 6.30. The molecule has 0 aliphatic heterocycles. The molecular weight excluding hydrogens is 234 g/mol. The average molecular weight is 254 g/mol. The Balaban J connectivity index is 2.82. The van der Waals surface area contributed by atoms with E-state index in [0.717, 1.165) is 30.6 Å². The van der Waals surface area contributed by atoms with E-state index in [9.17, 15) is 0 Å². The van der Waals surface area contributed by atoms with Gasteiger partial charge in [-0.15, -0.1) is 6.58 Å². The first-order valence-corrected chi connectivity index (χ1v) is 6.22. The maximum absolute atomic E-state index is 5.96. The molecule has 0 aliphatic carbocycles. The molecule has 1 unspecified atom stereocenters. The van der Waals surface area contributed by atoms with Crippen molar-refractivity contribution in [3.05, 3.63) is 41.4 Å². The van der Waals surface area contributed by atoms with E-state index in [1.165, 1.54) is 0 Å². The number of allylic oxidation sites excluding steroid dienone is 1. The van der Waals surface area contributed by atoms with E-state index >= 15 is 0 Å². The molecule has 2 nitrogen and oxygen atoms in total. The summed E-state index contributed by atoms with van der Waals surface area (Å²) in [5.74, 6) is 0.843. The summed E-state index contributed by atoms with van der Waals surface area (Å²) in [7, 11) is 3.64. The fraction of sp³-hybridized carbons (Fsp3) is 0.429. The van der Waals surface area contributed by atoms with Gasteiger partial charge < -0.3 is 10.1 Å². The first-order valence-electron chi connectivity index (χ1n) is 5.84. The maximum Gasteiger partial charge on any atom is 0.125 e. The van der Waals surface area contributed by atoms with Crippen LogP contribution in [0.25, 0.3) is 0 Å². The second kappa shape index (κ2) is 7.36. The lowest BCUT2D eigenvalue weighted by Gasteiger charge is -2.19. The van der Waals surface area contributed by atoms with Crippen molar-refractivity contribution in [2.24, 2.45) is 0 Å². The number of hydrogen-bond acceptors (Lipinski definition) is 2. The standard InChI is InChI=1S/C14H20ClNO/c1-4-5-6-7-13(16-2)12-9-8-11(15)10-14(12)17-3/h4,8-10,13,16H,1,5-7H2,2-3H3. The van der Waals surface area contributed by atoms with Crippen LogP contribution in [0, 0.1) is 0 Å². The molecule has 0 saturated carbocycles. The van der Waals surface area contributed by atoms with Crippen LogP contribution in [0.2, 0.25) is 5.02 Å². The van der Waals surface area contributed by atoms with Crippen molar-refractivity contribution in [1.82, 2.24) is 5.32 Å². The van der Waals surface area contributed by atoms with Crippen LogP contribution in [-0.4, -0.2) is 14.2 Å². The van der Waals surface area contributed by atoms with Crippen LogP contribution in [0.3, 0.4) is 0 Å². The second-order valence-corrected chi connectivity index (χ2v) is 4.38. The minimum absolute atomic E-state index is 0.294. The number of ether oxygens (including phenoxy) is 1. The molecule has 0 fully saturated rings. The van der Waals surface area contributed by atoms with Gasteiger partial charge in [0.1, 0.15) is 5.75 Å². The van der Waals surface area contributed by atoms with Crippen LogP contribution < -0.4 is 10.1 Å². The van der Waals surface area contributed by atoms with Crippen molar-refractivity contribution < 1.29 is 4.74 Å². The van der Waals surface area contributed by atoms with Crippen LogP contribution in [-0.2, 0) is 0 Å². The van der Waals surface area contributed by atoms with Crippen molar-refractivity contribution in [2.45, 2.75) is 25.3 Å². The van der Waals surface area contributed by atoms with Gasteiger partial charge >= 0.3 is 0 Å². The number of benzene rings is 1. The number of nitrogens with one attached hydrogen (secondary N) is 1. The van der Waals surface area contributed by atoms with E-state index < -0.39 is 0 Å². The second-order valence-electron chi connectivity index (χ2n) is 3.95. The molecule has 94 valence electrons. The SMILES string of the molecule is C=CCCCC(NC)c1ccc(Cl)cc1OC. The Morgan fingerprint density at radius 2 is 2.29 bits per heavy atom. The molecule has 1 aromatic rings. The van der Waals surface area contributed by atoms with Gasteiger partial charge in [-0.05, 0) is 38.4 Å². The summed E-state index contributed by atoms with van der Waals surface area (Å²) in [6.45, 7) is 3.74. The molecule has 0 aliphatic rings. The lowest BCUT2D eigenvalue weighted by atomic mass is 10.00. The van der Waals surface area contributed by atoms with E-state index in [0.29, 0.717) is 11.1 Å². The summed E-state index contributed by atoms with van der Waals surface area (Å²) < 4.78 is 5.37. The van der Waals surface area contributed by atoms with Crippen LogP contribution in [0.1, 0.15) is 30.9 Å². The number of halogens is 1. The topological polar surface area (TPSA) is 21.3 Å². The molecule has 0 aromatic heterocycles. The zero-order valence-electron chi connectivity index (χ0n) is 10.5. The van der Waals surface area contributed by atoms with E-state index in [-0.39, 0.29) is 0 Å². The van der Waals surface area contributed by atoms with E-state index in [4.69, 9.17) is 16.3 Å². The van der Waals surface area contributed by atoms with Crippen molar-refractivity contribution in [2.75, 3.05) is 14.2 Å². The molecule has 0 saturated heterocycles. The Morgan fingerprint density at radius 1 is 1.53 bits per heavy atom. The lowest BCUT2D eigenvalue weighted by molar-refractivity contribution is 0.397. The summed E-state index contributed by atoms with van der Waals surface area (Å²) in [6, 6.07) is 6.07. The van der Waals surface area contributed by atoms with E-state index in [2.05, 4.69) is 11.9 Å². The lowest BCUT2D eigenvalue weighted by Crippen LogP contribution is -2.17. The minimum Gasteiger partial charge on any atom is -0.496 e. The van der Waals surface area contributed by atoms with Crippen LogP contribution in [0.4, 0.5) is 0 Å². The smallest absolute Gasteiger partial charge is 0.125 e. The zero-order chi connectivity index (χ0) is 12.7. The Kier molecular flexibility index (Phi) is 6.09. The summed E-state index contributed by atoms with van der Waals surface area (Å²) in [6.07, 6.45) is 5.15. The molecule has 0 radical (unpaired) electrons. The van der Waals surface area contributed by atoms with Gasteiger partial charge in [0.2, 0.25) is 0 Å². The average Bonchev–Trinajstić information content (AvgIpc) is 2.35. The Bertz CT molecular complexity index is 365. The van der Waals surface area contributed by atoms with E-state index in [1.54, 1.807) is 7.11 Å². The molecule has 0 amide bonds. The summed E-state index contributed by atoms with van der Waals surface area (Å²) in [5, 5.41) is 4.01. The largest absolute Gasteiger partial charge is 0.496 e. The highest BCUT2D eigenvalue weighted by atomic mass is 35.5. The zero-order valence-corrected chi connectivity index (χ0v) is 11.3. The number of hydrogen-bond donors (Lipinski definition) is 1. The molecule has 0 spiro atoms. The van der Waals surface area contributed by atoms with Crippen LogP contribution >= 0.6 is 11.6 Å². The van der Waals surface area contributed by atoms with Crippen LogP contribution in [0.15, 0.2) is 30.9 Å². The van der Waals surface area contributed by atoms with Gasteiger partial charge in [-0.25, -0.2) is 0 Å². The number of rotatable bonds is 7. The first-order chi connectivity index (χ1) is 8.22. The van der Waals surface area contributed by atoms with Gasteiger partial charge in [0.25, 0.3) is 0 Å². The molecule has 1 atom stereocenters. The third-order valence-corrected chi connectivity index (χ3v) is 3.06. The first kappa shape index (κ1) is 14.1. The van der Waals surface area contributed by atoms with Gasteiger partial charge in [0.15, 0.2) is 0 Å². The van der Waals surface area contributed by atoms with Gasteiger partial charge in [-0.1, -0.05) is 23.7 Å². The molecule has 1 rings (SSSR count). The monoisotopic (exact) mass is 253 g/mol. The molecular formula is C14H20ClNO. The summed E-state index contributed by atoms with van der Waals surface area (Å²) >= 11 is 5.96. The molecule has 1 N–H and O–H groups in total. The van der Waals surface area contributed by atoms with Gasteiger partial charge in [0, 0.05) is 16.6 Å². The highest BCUT2D eigenvalue weighted by Gasteiger charge is 2.14. The normalized spacial score (nSPS) is 12.2. The fourth-order valence-corrected chi connectivity index (χ4v) is 2.06.